The van der Waals surface area contributed by atoms with Gasteiger partial charge in [0.1, 0.15) is 0 Å². The number of hydrogen-bond donors (Lipinski definition) is 2. The number of nitrogens with zero attached hydrogens (tertiary/aromatic N) is 4. The lowest BCUT2D eigenvalue weighted by Gasteiger charge is -2.12. The van der Waals surface area contributed by atoms with E-state index in [4.69, 9.17) is 28.9 Å². The molecule has 1 aromatic carbocycles. The van der Waals surface area contributed by atoms with Crippen molar-refractivity contribution in [2.24, 2.45) is 0 Å². The zero-order valence-corrected chi connectivity index (χ0v) is 13.3. The fourth-order valence-corrected chi connectivity index (χ4v) is 1.99. The van der Waals surface area contributed by atoms with Crippen LogP contribution in [0.4, 0.5) is 17.8 Å². The SMILES string of the molecule is CN(C)c1nc(N)nc(NCCc2ccc(Cl)c(Cl)c2)n1. The van der Waals surface area contributed by atoms with Gasteiger partial charge in [-0.05, 0) is 24.1 Å². The normalized spacial score (nSPS) is 10.5. The van der Waals surface area contributed by atoms with E-state index in [1.165, 1.54) is 0 Å². The molecule has 0 aliphatic heterocycles. The van der Waals surface area contributed by atoms with E-state index in [0.717, 1.165) is 12.0 Å². The smallest absolute Gasteiger partial charge is 0.231 e. The second-order valence-electron chi connectivity index (χ2n) is 4.64. The van der Waals surface area contributed by atoms with Crippen LogP contribution in [-0.2, 0) is 6.42 Å². The van der Waals surface area contributed by atoms with Crippen LogP contribution in [0.15, 0.2) is 18.2 Å². The molecule has 0 amide bonds. The van der Waals surface area contributed by atoms with Gasteiger partial charge in [-0.15, -0.1) is 0 Å². The van der Waals surface area contributed by atoms with E-state index in [2.05, 4.69) is 20.3 Å². The van der Waals surface area contributed by atoms with Crippen LogP contribution in [0.2, 0.25) is 10.0 Å². The summed E-state index contributed by atoms with van der Waals surface area (Å²) in [6.07, 6.45) is 0.764. The number of hydrogen-bond acceptors (Lipinski definition) is 6. The topological polar surface area (TPSA) is 80.0 Å². The first-order chi connectivity index (χ1) is 9.95. The van der Waals surface area contributed by atoms with Gasteiger partial charge in [0, 0.05) is 20.6 Å². The van der Waals surface area contributed by atoms with Crippen molar-refractivity contribution < 1.29 is 0 Å². The second kappa shape index (κ2) is 6.78. The lowest BCUT2D eigenvalue weighted by atomic mass is 10.1. The maximum absolute atomic E-state index is 5.98. The van der Waals surface area contributed by atoms with Crippen LogP contribution in [-0.4, -0.2) is 35.6 Å². The highest BCUT2D eigenvalue weighted by Gasteiger charge is 2.06. The molecule has 8 heteroatoms. The summed E-state index contributed by atoms with van der Waals surface area (Å²) in [7, 11) is 3.68. The molecule has 2 rings (SSSR count). The summed E-state index contributed by atoms with van der Waals surface area (Å²) in [6.45, 7) is 0.647. The van der Waals surface area contributed by atoms with Crippen molar-refractivity contribution in [2.75, 3.05) is 36.6 Å². The fraction of sp³-hybridized carbons (Fsp3) is 0.308. The van der Waals surface area contributed by atoms with Gasteiger partial charge < -0.3 is 16.0 Å². The third kappa shape index (κ3) is 4.34. The van der Waals surface area contributed by atoms with Gasteiger partial charge in [-0.25, -0.2) is 0 Å². The number of halogens is 2. The van der Waals surface area contributed by atoms with Gasteiger partial charge in [-0.3, -0.25) is 0 Å². The first kappa shape index (κ1) is 15.6. The Hall–Kier alpha value is -1.79. The molecule has 112 valence electrons. The number of nitrogen functional groups attached to an aromatic ring is 1. The highest BCUT2D eigenvalue weighted by Crippen LogP contribution is 2.22. The molecule has 0 aliphatic rings. The van der Waals surface area contributed by atoms with E-state index in [-0.39, 0.29) is 5.95 Å². The van der Waals surface area contributed by atoms with Gasteiger partial charge in [0.25, 0.3) is 0 Å². The predicted octanol–water partition coefficient (Wildman–Crippen LogP) is 2.48. The van der Waals surface area contributed by atoms with Gasteiger partial charge in [0.15, 0.2) is 0 Å². The van der Waals surface area contributed by atoms with Crippen LogP contribution < -0.4 is 16.0 Å². The molecular formula is C13H16Cl2N6. The Morgan fingerprint density at radius 1 is 1.14 bits per heavy atom. The van der Waals surface area contributed by atoms with Crippen molar-refractivity contribution in [3.63, 3.8) is 0 Å². The zero-order valence-electron chi connectivity index (χ0n) is 11.8. The third-order valence-corrected chi connectivity index (χ3v) is 3.46. The van der Waals surface area contributed by atoms with Crippen LogP contribution in [0.25, 0.3) is 0 Å². The minimum absolute atomic E-state index is 0.186. The summed E-state index contributed by atoms with van der Waals surface area (Å²) in [4.78, 5) is 14.1. The maximum Gasteiger partial charge on any atom is 0.231 e. The van der Waals surface area contributed by atoms with Gasteiger partial charge in [0.05, 0.1) is 10.0 Å². The van der Waals surface area contributed by atoms with Gasteiger partial charge in [-0.1, -0.05) is 29.3 Å². The first-order valence-electron chi connectivity index (χ1n) is 6.32. The Kier molecular flexibility index (Phi) is 5.03. The predicted molar refractivity (Wildman–Crippen MR) is 87.2 cm³/mol. The molecule has 21 heavy (non-hydrogen) atoms. The third-order valence-electron chi connectivity index (χ3n) is 2.72. The summed E-state index contributed by atoms with van der Waals surface area (Å²) in [6, 6.07) is 5.56. The molecule has 2 aromatic rings. The zero-order chi connectivity index (χ0) is 15.4. The number of benzene rings is 1. The Balaban J connectivity index is 1.98. The quantitative estimate of drug-likeness (QED) is 0.878. The lowest BCUT2D eigenvalue weighted by molar-refractivity contribution is 0.935. The number of anilines is 3. The molecule has 0 bridgehead atoms. The van der Waals surface area contributed by atoms with E-state index >= 15 is 0 Å². The van der Waals surface area contributed by atoms with Crippen molar-refractivity contribution in [3.05, 3.63) is 33.8 Å². The van der Waals surface area contributed by atoms with Crippen LogP contribution in [0.3, 0.4) is 0 Å². The van der Waals surface area contributed by atoms with Crippen LogP contribution >= 0.6 is 23.2 Å². The van der Waals surface area contributed by atoms with Crippen molar-refractivity contribution in [1.29, 1.82) is 0 Å². The van der Waals surface area contributed by atoms with E-state index < -0.39 is 0 Å². The molecule has 0 unspecified atom stereocenters. The molecule has 3 N–H and O–H groups in total. The van der Waals surface area contributed by atoms with Crippen LogP contribution in [0, 0.1) is 0 Å². The Bertz CT molecular complexity index is 632. The maximum atomic E-state index is 5.98. The molecule has 0 atom stereocenters. The molecule has 0 fully saturated rings. The number of nitrogens with two attached hydrogens (primary N) is 1. The van der Waals surface area contributed by atoms with E-state index in [1.807, 2.05) is 26.2 Å². The number of aromatic nitrogens is 3. The standard InChI is InChI=1S/C13H16Cl2N6/c1-21(2)13-19-11(16)18-12(20-13)17-6-5-8-3-4-9(14)10(15)7-8/h3-4,7H,5-6H2,1-2H3,(H3,16,17,18,19,20). The highest BCUT2D eigenvalue weighted by molar-refractivity contribution is 6.42. The Morgan fingerprint density at radius 3 is 2.57 bits per heavy atom. The summed E-state index contributed by atoms with van der Waals surface area (Å²) >= 11 is 11.9. The summed E-state index contributed by atoms with van der Waals surface area (Å²) < 4.78 is 0. The average Bonchev–Trinajstić information content (AvgIpc) is 2.42. The largest absolute Gasteiger partial charge is 0.368 e. The molecule has 0 saturated heterocycles. The molecular weight excluding hydrogens is 311 g/mol. The molecule has 0 aliphatic carbocycles. The molecule has 0 saturated carbocycles. The molecule has 1 aromatic heterocycles. The Morgan fingerprint density at radius 2 is 1.90 bits per heavy atom. The van der Waals surface area contributed by atoms with Crippen molar-refractivity contribution in [3.8, 4) is 0 Å². The molecule has 0 spiro atoms. The molecule has 6 nitrogen and oxygen atoms in total. The monoisotopic (exact) mass is 326 g/mol. The van der Waals surface area contributed by atoms with Gasteiger partial charge >= 0.3 is 0 Å². The summed E-state index contributed by atoms with van der Waals surface area (Å²) in [5, 5.41) is 4.22. The van der Waals surface area contributed by atoms with Gasteiger partial charge in [-0.2, -0.15) is 15.0 Å². The van der Waals surface area contributed by atoms with Crippen molar-refractivity contribution in [2.45, 2.75) is 6.42 Å². The minimum Gasteiger partial charge on any atom is -0.368 e. The first-order valence-corrected chi connectivity index (χ1v) is 7.08. The van der Waals surface area contributed by atoms with Crippen LogP contribution in [0.1, 0.15) is 5.56 Å². The minimum atomic E-state index is 0.186. The Labute approximate surface area is 133 Å². The number of nitrogens with one attached hydrogen (secondary N) is 1. The van der Waals surface area contributed by atoms with E-state index in [9.17, 15) is 0 Å². The second-order valence-corrected chi connectivity index (χ2v) is 5.45. The van der Waals surface area contributed by atoms with E-state index in [1.54, 1.807) is 11.0 Å². The fourth-order valence-electron chi connectivity index (χ4n) is 1.67. The van der Waals surface area contributed by atoms with Crippen molar-refractivity contribution >= 4 is 41.0 Å². The highest BCUT2D eigenvalue weighted by atomic mass is 35.5. The summed E-state index contributed by atoms with van der Waals surface area (Å²) in [5.41, 5.74) is 6.73. The summed E-state index contributed by atoms with van der Waals surface area (Å²) in [5.74, 6) is 1.15. The molecule has 1 heterocycles. The average molecular weight is 327 g/mol. The lowest BCUT2D eigenvalue weighted by Crippen LogP contribution is -2.17. The molecule has 0 radical (unpaired) electrons. The van der Waals surface area contributed by atoms with Crippen LogP contribution in [0.5, 0.6) is 0 Å². The number of rotatable bonds is 5. The van der Waals surface area contributed by atoms with Gasteiger partial charge in [0.2, 0.25) is 17.8 Å². The van der Waals surface area contributed by atoms with Crippen molar-refractivity contribution in [1.82, 2.24) is 15.0 Å². The van der Waals surface area contributed by atoms with E-state index in [0.29, 0.717) is 28.5 Å².